The summed E-state index contributed by atoms with van der Waals surface area (Å²) in [5.74, 6) is 2.51. The fourth-order valence-electron chi connectivity index (χ4n) is 11.2. The third-order valence-corrected chi connectivity index (χ3v) is 14.3. The van der Waals surface area contributed by atoms with E-state index < -0.39 is 16.4 Å². The number of hydrogen-bond acceptors (Lipinski definition) is 5. The Balaban J connectivity index is 1.30. The lowest BCUT2D eigenvalue weighted by Gasteiger charge is -2.48. The summed E-state index contributed by atoms with van der Waals surface area (Å²) in [6.07, 6.45) is 4.23. The minimum absolute atomic E-state index is 0.0193. The number of nitrogens with zero attached hydrogens (tertiary/aromatic N) is 1. The maximum absolute atomic E-state index is 15.9. The average molecular weight is 646 g/mol. The quantitative estimate of drug-likeness (QED) is 0.284. The summed E-state index contributed by atoms with van der Waals surface area (Å²) in [5.41, 5.74) is 2.39. The van der Waals surface area contributed by atoms with Gasteiger partial charge in [0.15, 0.2) is 0 Å². The van der Waals surface area contributed by atoms with E-state index in [4.69, 9.17) is 23.2 Å². The predicted molar refractivity (Wildman–Crippen MR) is 174 cm³/mol. The monoisotopic (exact) mass is 644 g/mol. The fourth-order valence-corrected chi connectivity index (χ4v) is 12.9. The van der Waals surface area contributed by atoms with Gasteiger partial charge in [0.2, 0.25) is 0 Å². The molecule has 0 bridgehead atoms. The van der Waals surface area contributed by atoms with Crippen LogP contribution in [0, 0.1) is 22.7 Å². The first-order chi connectivity index (χ1) is 21.2. The van der Waals surface area contributed by atoms with Gasteiger partial charge >= 0.3 is 0 Å². The normalized spacial score (nSPS) is 38.4. The number of fused-ring (bicyclic) bond motifs is 10. The Morgan fingerprint density at radius 2 is 1.86 bits per heavy atom. The Kier molecular flexibility index (Phi) is 5.86. The molecule has 3 aliphatic carbocycles. The molecule has 3 aromatic rings. The number of rotatable bonds is 1. The number of ketones is 1. The number of carbonyl (C=O) groups is 2. The van der Waals surface area contributed by atoms with Crippen LogP contribution in [0.15, 0.2) is 60.7 Å². The summed E-state index contributed by atoms with van der Waals surface area (Å²) in [4.78, 5) is 33.1. The molecular formula is C36H34Cl2N2O3S. The van der Waals surface area contributed by atoms with Crippen molar-refractivity contribution < 1.29 is 14.7 Å². The van der Waals surface area contributed by atoms with E-state index >= 15 is 4.79 Å². The van der Waals surface area contributed by atoms with Crippen molar-refractivity contribution >= 4 is 52.3 Å². The Hall–Kier alpha value is -2.51. The number of carbonyl (C=O) groups excluding carboxylic acids is 2. The van der Waals surface area contributed by atoms with Gasteiger partial charge in [0.05, 0.1) is 5.41 Å². The van der Waals surface area contributed by atoms with Gasteiger partial charge in [-0.3, -0.25) is 14.5 Å². The number of benzene rings is 3. The van der Waals surface area contributed by atoms with Crippen molar-refractivity contribution in [3.63, 3.8) is 0 Å². The van der Waals surface area contributed by atoms with Crippen LogP contribution in [0.5, 0.6) is 5.75 Å². The van der Waals surface area contributed by atoms with Crippen LogP contribution in [0.25, 0.3) is 0 Å². The van der Waals surface area contributed by atoms with Gasteiger partial charge in [-0.25, -0.2) is 0 Å². The second kappa shape index (κ2) is 9.28. The second-order valence-electron chi connectivity index (χ2n) is 14.2. The van der Waals surface area contributed by atoms with Gasteiger partial charge in [-0.05, 0) is 103 Å². The lowest BCUT2D eigenvalue weighted by Crippen LogP contribution is -2.59. The van der Waals surface area contributed by atoms with Crippen LogP contribution in [0.1, 0.15) is 66.7 Å². The molecule has 3 aliphatic heterocycles. The molecule has 3 aromatic carbocycles. The molecule has 4 fully saturated rings. The number of hydrogen-bond donors (Lipinski definition) is 2. The highest BCUT2D eigenvalue weighted by molar-refractivity contribution is 7.99. The SMILES string of the molecule is C[C@]12CC[C@@H]3c4ccc(O)cc4CC[C@H]3[C@@H]1C[C@@]1(C2=O)[C@@H](c2ccccc2Cl)C2CSCN2[C@]12C(=O)Nc1ccc(Cl)cc12. The molecule has 6 aliphatic rings. The van der Waals surface area contributed by atoms with Crippen LogP contribution < -0.4 is 5.32 Å². The first-order valence-corrected chi connectivity index (χ1v) is 17.7. The zero-order valence-electron chi connectivity index (χ0n) is 24.5. The maximum atomic E-state index is 15.9. The Bertz CT molecular complexity index is 1780. The van der Waals surface area contributed by atoms with E-state index in [1.807, 2.05) is 60.3 Å². The summed E-state index contributed by atoms with van der Waals surface area (Å²) in [7, 11) is 0. The van der Waals surface area contributed by atoms with Gasteiger partial charge in [-0.1, -0.05) is 54.4 Å². The number of aryl methyl sites for hydroxylation is 1. The molecule has 8 atom stereocenters. The summed E-state index contributed by atoms with van der Waals surface area (Å²) < 4.78 is 0. The first-order valence-electron chi connectivity index (χ1n) is 15.8. The maximum Gasteiger partial charge on any atom is 0.250 e. The molecule has 1 amide bonds. The van der Waals surface area contributed by atoms with Crippen LogP contribution in [0.4, 0.5) is 5.69 Å². The molecule has 0 aromatic heterocycles. The first kappa shape index (κ1) is 27.8. The summed E-state index contributed by atoms with van der Waals surface area (Å²) in [6, 6.07) is 19.5. The van der Waals surface area contributed by atoms with E-state index in [9.17, 15) is 9.90 Å². The van der Waals surface area contributed by atoms with Gasteiger partial charge in [-0.15, -0.1) is 11.8 Å². The number of nitrogens with one attached hydrogen (secondary N) is 1. The number of anilines is 1. The number of halogens is 2. The zero-order chi connectivity index (χ0) is 30.2. The molecule has 9 rings (SSSR count). The standard InChI is InChI=1S/C36H34Cl2N2O3S/c1-34-13-12-23-22-10-8-21(41)14-19(22)6-9-24(23)27(34)16-35(32(34)42)31(25-4-2-3-5-28(25)38)30-17-44-18-40(30)36(35)26-15-20(37)7-11-29(26)39-33(36)43/h2-5,7-8,10-11,14-15,23-24,27,30-31,41H,6,9,12-13,16-18H2,1H3,(H,39,43)/t23-,24-,27+,30?,31+,34+,35+,36-/m1/s1. The molecule has 3 heterocycles. The number of phenolic OH excluding ortho intramolecular Hbond substituents is 1. The van der Waals surface area contributed by atoms with E-state index in [1.54, 1.807) is 0 Å². The molecule has 2 spiro atoms. The number of phenols is 1. The number of amides is 1. The summed E-state index contributed by atoms with van der Waals surface area (Å²) >= 11 is 15.6. The minimum Gasteiger partial charge on any atom is -0.508 e. The number of aromatic hydroxyl groups is 1. The molecular weight excluding hydrogens is 611 g/mol. The zero-order valence-corrected chi connectivity index (χ0v) is 26.8. The van der Waals surface area contributed by atoms with E-state index in [1.165, 1.54) is 11.1 Å². The van der Waals surface area contributed by atoms with Crippen LogP contribution in [-0.4, -0.2) is 39.4 Å². The molecule has 0 radical (unpaired) electrons. The lowest BCUT2D eigenvalue weighted by molar-refractivity contribution is -0.147. The third-order valence-electron chi connectivity index (χ3n) is 12.7. The van der Waals surface area contributed by atoms with E-state index in [-0.39, 0.29) is 29.6 Å². The number of Topliss-reactive ketones (excluding diaryl/α,β-unsaturated/α-hetero) is 1. The van der Waals surface area contributed by atoms with Crippen LogP contribution in [-0.2, 0) is 21.5 Å². The highest BCUT2D eigenvalue weighted by Gasteiger charge is 2.82. The van der Waals surface area contributed by atoms with Gasteiger partial charge in [0.1, 0.15) is 17.1 Å². The van der Waals surface area contributed by atoms with Crippen molar-refractivity contribution in [2.45, 2.75) is 62.4 Å². The Labute approximate surface area is 271 Å². The van der Waals surface area contributed by atoms with Crippen molar-refractivity contribution in [1.82, 2.24) is 4.90 Å². The van der Waals surface area contributed by atoms with Gasteiger partial charge in [0.25, 0.3) is 5.91 Å². The highest BCUT2D eigenvalue weighted by Crippen LogP contribution is 2.77. The van der Waals surface area contributed by atoms with Crippen LogP contribution in [0.2, 0.25) is 10.0 Å². The molecule has 2 N–H and O–H groups in total. The molecule has 226 valence electrons. The molecule has 5 nitrogen and oxygen atoms in total. The molecule has 2 saturated carbocycles. The van der Waals surface area contributed by atoms with Crippen molar-refractivity contribution in [2.75, 3.05) is 16.9 Å². The van der Waals surface area contributed by atoms with Crippen molar-refractivity contribution in [3.8, 4) is 5.75 Å². The van der Waals surface area contributed by atoms with Crippen molar-refractivity contribution in [1.29, 1.82) is 0 Å². The second-order valence-corrected chi connectivity index (χ2v) is 16.0. The van der Waals surface area contributed by atoms with E-state index in [2.05, 4.69) is 29.3 Å². The Morgan fingerprint density at radius 1 is 1.02 bits per heavy atom. The Morgan fingerprint density at radius 3 is 2.70 bits per heavy atom. The number of thioether (sulfide) groups is 1. The molecule has 44 heavy (non-hydrogen) atoms. The highest BCUT2D eigenvalue weighted by atomic mass is 35.5. The summed E-state index contributed by atoms with van der Waals surface area (Å²) in [5, 5.41) is 14.7. The predicted octanol–water partition coefficient (Wildman–Crippen LogP) is 7.74. The third kappa shape index (κ3) is 3.19. The van der Waals surface area contributed by atoms with E-state index in [0.717, 1.165) is 48.3 Å². The minimum atomic E-state index is -1.17. The van der Waals surface area contributed by atoms with Crippen molar-refractivity contribution in [2.24, 2.45) is 22.7 Å². The lowest BCUT2D eigenvalue weighted by atomic mass is 9.55. The topological polar surface area (TPSA) is 69.6 Å². The average Bonchev–Trinajstić information content (AvgIpc) is 3.71. The fraction of sp³-hybridized carbons (Fsp3) is 0.444. The largest absolute Gasteiger partial charge is 0.508 e. The van der Waals surface area contributed by atoms with Crippen LogP contribution in [0.3, 0.4) is 0 Å². The smallest absolute Gasteiger partial charge is 0.250 e. The molecule has 2 saturated heterocycles. The van der Waals surface area contributed by atoms with Gasteiger partial charge in [0, 0.05) is 50.3 Å². The van der Waals surface area contributed by atoms with Gasteiger partial charge in [-0.2, -0.15) is 0 Å². The summed E-state index contributed by atoms with van der Waals surface area (Å²) in [6.45, 7) is 2.21. The van der Waals surface area contributed by atoms with Crippen molar-refractivity contribution in [3.05, 3.63) is 93.0 Å². The van der Waals surface area contributed by atoms with E-state index in [0.29, 0.717) is 39.9 Å². The van der Waals surface area contributed by atoms with Gasteiger partial charge < -0.3 is 10.4 Å². The molecule has 8 heteroatoms. The van der Waals surface area contributed by atoms with Crippen LogP contribution >= 0.6 is 35.0 Å². The molecule has 1 unspecified atom stereocenters.